The molecule has 3 aromatic rings. The van der Waals surface area contributed by atoms with Gasteiger partial charge in [-0.1, -0.05) is 0 Å². The van der Waals surface area contributed by atoms with Crippen molar-refractivity contribution in [1.82, 2.24) is 10.7 Å². The van der Waals surface area contributed by atoms with Crippen LogP contribution in [0.2, 0.25) is 0 Å². The van der Waals surface area contributed by atoms with Crippen LogP contribution >= 0.6 is 0 Å². The monoisotopic (exact) mass is 482 g/mol. The number of anilines is 1. The van der Waals surface area contributed by atoms with Crippen molar-refractivity contribution in [2.24, 2.45) is 5.10 Å². The number of halogens is 1. The third-order valence-electron chi connectivity index (χ3n) is 4.34. The molecular formula is C24H23FN4O6. The molecule has 35 heavy (non-hydrogen) atoms. The molecule has 0 aliphatic heterocycles. The first-order valence-corrected chi connectivity index (χ1v) is 10.5. The van der Waals surface area contributed by atoms with Gasteiger partial charge < -0.3 is 24.5 Å². The number of carbonyl (C=O) groups excluding carboxylic acids is 3. The maximum absolute atomic E-state index is 13.0. The molecule has 3 rings (SSSR count). The Kier molecular flexibility index (Phi) is 8.94. The summed E-state index contributed by atoms with van der Waals surface area (Å²) in [5.41, 5.74) is 3.12. The maximum Gasteiger partial charge on any atom is 0.329 e. The molecule has 0 atom stereocenters. The second-order valence-electron chi connectivity index (χ2n) is 6.94. The lowest BCUT2D eigenvalue weighted by Crippen LogP contribution is -2.37. The second kappa shape index (κ2) is 12.5. The van der Waals surface area contributed by atoms with Crippen molar-refractivity contribution in [2.45, 2.75) is 13.5 Å². The van der Waals surface area contributed by atoms with Crippen LogP contribution in [0, 0.1) is 5.82 Å². The molecule has 0 fully saturated rings. The smallest absolute Gasteiger partial charge is 0.329 e. The molecule has 0 radical (unpaired) electrons. The number of benzene rings is 2. The molecule has 1 aromatic heterocycles. The van der Waals surface area contributed by atoms with Gasteiger partial charge in [0, 0.05) is 5.69 Å². The molecule has 0 spiro atoms. The van der Waals surface area contributed by atoms with Crippen molar-refractivity contribution in [3.05, 3.63) is 78.0 Å². The molecule has 1 heterocycles. The largest absolute Gasteiger partial charge is 0.490 e. The maximum atomic E-state index is 13.0. The molecule has 0 aliphatic carbocycles. The Balaban J connectivity index is 1.52. The van der Waals surface area contributed by atoms with Crippen LogP contribution in [0.1, 0.15) is 18.2 Å². The van der Waals surface area contributed by atoms with E-state index < -0.39 is 23.5 Å². The minimum absolute atomic E-state index is 0.0735. The number of hydrogen-bond acceptors (Lipinski definition) is 7. The van der Waals surface area contributed by atoms with Crippen molar-refractivity contribution >= 4 is 29.6 Å². The van der Waals surface area contributed by atoms with Gasteiger partial charge in [-0.15, -0.1) is 0 Å². The third kappa shape index (κ3) is 8.00. The topological polar surface area (TPSA) is 131 Å². The fourth-order valence-corrected chi connectivity index (χ4v) is 2.74. The van der Waals surface area contributed by atoms with Gasteiger partial charge in [0.05, 0.1) is 25.6 Å². The Morgan fingerprint density at radius 2 is 1.83 bits per heavy atom. The van der Waals surface area contributed by atoms with Gasteiger partial charge in [0.2, 0.25) is 0 Å². The van der Waals surface area contributed by atoms with E-state index in [1.165, 1.54) is 36.7 Å². The Morgan fingerprint density at radius 1 is 1.03 bits per heavy atom. The van der Waals surface area contributed by atoms with Crippen LogP contribution < -0.4 is 25.5 Å². The number of hydrogen-bond donors (Lipinski definition) is 3. The van der Waals surface area contributed by atoms with Crippen molar-refractivity contribution in [3.63, 3.8) is 0 Å². The molecule has 11 heteroatoms. The number of nitrogens with one attached hydrogen (secondary N) is 3. The van der Waals surface area contributed by atoms with Crippen LogP contribution in [0.3, 0.4) is 0 Å². The van der Waals surface area contributed by atoms with Crippen LogP contribution in [0.4, 0.5) is 10.1 Å². The summed E-state index contributed by atoms with van der Waals surface area (Å²) in [7, 11) is 0. The Labute approximate surface area is 200 Å². The van der Waals surface area contributed by atoms with Crippen molar-refractivity contribution < 1.29 is 32.7 Å². The summed E-state index contributed by atoms with van der Waals surface area (Å²) in [5.74, 6) is -1.46. The summed E-state index contributed by atoms with van der Waals surface area (Å²) in [6.07, 6.45) is 2.78. The van der Waals surface area contributed by atoms with Gasteiger partial charge >= 0.3 is 11.8 Å². The van der Waals surface area contributed by atoms with Crippen LogP contribution in [-0.4, -0.2) is 37.1 Å². The van der Waals surface area contributed by atoms with Gasteiger partial charge in [-0.2, -0.15) is 5.10 Å². The SMILES string of the molecule is CCOc1cc(/C=N\NC(=O)C(=O)NCc2ccco2)ccc1OCC(=O)Nc1ccc(F)cc1. The lowest BCUT2D eigenvalue weighted by atomic mass is 10.2. The third-order valence-corrected chi connectivity index (χ3v) is 4.34. The molecule has 0 saturated heterocycles. The number of ether oxygens (including phenoxy) is 2. The number of rotatable bonds is 10. The minimum Gasteiger partial charge on any atom is -0.490 e. The lowest BCUT2D eigenvalue weighted by molar-refractivity contribution is -0.139. The van der Waals surface area contributed by atoms with E-state index in [2.05, 4.69) is 21.2 Å². The second-order valence-corrected chi connectivity index (χ2v) is 6.94. The Morgan fingerprint density at radius 3 is 2.54 bits per heavy atom. The fourth-order valence-electron chi connectivity index (χ4n) is 2.74. The minimum atomic E-state index is -0.940. The fraction of sp³-hybridized carbons (Fsp3) is 0.167. The molecule has 10 nitrogen and oxygen atoms in total. The molecule has 182 valence electrons. The Bertz CT molecular complexity index is 1180. The van der Waals surface area contributed by atoms with E-state index in [1.54, 1.807) is 37.3 Å². The lowest BCUT2D eigenvalue weighted by Gasteiger charge is -2.12. The molecule has 0 saturated carbocycles. The highest BCUT2D eigenvalue weighted by atomic mass is 19.1. The normalized spacial score (nSPS) is 10.6. The average Bonchev–Trinajstić information content (AvgIpc) is 3.37. The number of nitrogens with zero attached hydrogens (tertiary/aromatic N) is 1. The zero-order chi connectivity index (χ0) is 25.0. The summed E-state index contributed by atoms with van der Waals surface area (Å²) >= 11 is 0. The first kappa shape index (κ1) is 25.0. The van der Waals surface area contributed by atoms with Gasteiger partial charge in [0.15, 0.2) is 18.1 Å². The predicted molar refractivity (Wildman–Crippen MR) is 124 cm³/mol. The number of amides is 3. The van der Waals surface area contributed by atoms with E-state index >= 15 is 0 Å². The van der Waals surface area contributed by atoms with Gasteiger partial charge in [-0.25, -0.2) is 9.82 Å². The number of carbonyl (C=O) groups is 3. The van der Waals surface area contributed by atoms with Crippen molar-refractivity contribution in [2.75, 3.05) is 18.5 Å². The van der Waals surface area contributed by atoms with Gasteiger partial charge in [-0.05, 0) is 67.1 Å². The first-order valence-electron chi connectivity index (χ1n) is 10.5. The molecule has 3 amide bonds. The molecule has 0 unspecified atom stereocenters. The zero-order valence-corrected chi connectivity index (χ0v) is 18.7. The molecule has 3 N–H and O–H groups in total. The van der Waals surface area contributed by atoms with Crippen molar-refractivity contribution in [1.29, 1.82) is 0 Å². The first-order chi connectivity index (χ1) is 16.9. The predicted octanol–water partition coefficient (Wildman–Crippen LogP) is 2.60. The van der Waals surface area contributed by atoms with E-state index in [0.29, 0.717) is 35.1 Å². The molecule has 0 bridgehead atoms. The summed E-state index contributed by atoms with van der Waals surface area (Å²) in [4.78, 5) is 35.8. The van der Waals surface area contributed by atoms with E-state index in [9.17, 15) is 18.8 Å². The highest BCUT2D eigenvalue weighted by Crippen LogP contribution is 2.28. The van der Waals surface area contributed by atoms with Crippen LogP contribution in [0.25, 0.3) is 0 Å². The van der Waals surface area contributed by atoms with Crippen molar-refractivity contribution in [3.8, 4) is 11.5 Å². The highest BCUT2D eigenvalue weighted by molar-refractivity contribution is 6.35. The van der Waals surface area contributed by atoms with Crippen LogP contribution in [0.15, 0.2) is 70.4 Å². The quantitative estimate of drug-likeness (QED) is 0.231. The zero-order valence-electron chi connectivity index (χ0n) is 18.7. The van der Waals surface area contributed by atoms with Crippen LogP contribution in [0.5, 0.6) is 11.5 Å². The molecule has 2 aromatic carbocycles. The number of furan rings is 1. The summed E-state index contributed by atoms with van der Waals surface area (Å²) in [5, 5.41) is 8.77. The molecule has 0 aliphatic rings. The van der Waals surface area contributed by atoms with E-state index in [-0.39, 0.29) is 13.2 Å². The Hall–Kier alpha value is -4.67. The highest BCUT2D eigenvalue weighted by Gasteiger charge is 2.13. The summed E-state index contributed by atoms with van der Waals surface area (Å²) in [6.45, 7) is 1.90. The van der Waals surface area contributed by atoms with E-state index in [4.69, 9.17) is 13.9 Å². The van der Waals surface area contributed by atoms with Gasteiger partial charge in [-0.3, -0.25) is 14.4 Å². The average molecular weight is 482 g/mol. The van der Waals surface area contributed by atoms with E-state index in [1.807, 2.05) is 0 Å². The standard InChI is InChI=1S/C24H23FN4O6/c1-2-33-21-12-16(13-27-29-24(32)23(31)26-14-19-4-3-11-34-19)5-10-20(21)35-15-22(30)28-18-8-6-17(25)7-9-18/h3-13H,2,14-15H2,1H3,(H,26,31)(H,28,30)(H,29,32)/b27-13-. The summed E-state index contributed by atoms with van der Waals surface area (Å²) in [6, 6.07) is 13.5. The van der Waals surface area contributed by atoms with Gasteiger partial charge in [0.25, 0.3) is 5.91 Å². The summed E-state index contributed by atoms with van der Waals surface area (Å²) < 4.78 is 29.1. The van der Waals surface area contributed by atoms with Crippen LogP contribution in [-0.2, 0) is 20.9 Å². The van der Waals surface area contributed by atoms with E-state index in [0.717, 1.165) is 0 Å². The molecular weight excluding hydrogens is 459 g/mol. The van der Waals surface area contributed by atoms with Gasteiger partial charge in [0.1, 0.15) is 11.6 Å². The number of hydrazone groups is 1.